The number of rotatable bonds is 5. The number of likely N-dealkylation sites (tertiary alicyclic amines) is 1. The first-order valence-corrected chi connectivity index (χ1v) is 8.91. The third kappa shape index (κ3) is 3.74. The molecule has 134 valence electrons. The van der Waals surface area contributed by atoms with E-state index in [0.717, 1.165) is 31.6 Å². The highest BCUT2D eigenvalue weighted by Gasteiger charge is 2.33. The minimum atomic E-state index is 0.0490. The number of pyridine rings is 1. The van der Waals surface area contributed by atoms with Crippen molar-refractivity contribution in [2.75, 3.05) is 20.6 Å². The van der Waals surface area contributed by atoms with Crippen molar-refractivity contribution in [2.24, 2.45) is 0 Å². The van der Waals surface area contributed by atoms with Gasteiger partial charge in [-0.15, -0.1) is 0 Å². The number of hydrogen-bond acceptors (Lipinski definition) is 4. The van der Waals surface area contributed by atoms with Gasteiger partial charge in [0.25, 0.3) is 5.91 Å². The third-order valence-corrected chi connectivity index (χ3v) is 4.58. The average molecular weight is 341 g/mol. The molecule has 6 heteroatoms. The SMILES string of the molecule is CC(C)n1nccc1C(=O)N1CCC[C@@H]1c1ccc(CN(C)C)cn1. The zero-order valence-electron chi connectivity index (χ0n) is 15.5. The molecule has 2 aromatic heterocycles. The molecule has 0 radical (unpaired) electrons. The molecule has 6 nitrogen and oxygen atoms in total. The Labute approximate surface area is 149 Å². The fourth-order valence-electron chi connectivity index (χ4n) is 3.45. The first-order valence-electron chi connectivity index (χ1n) is 8.91. The molecule has 1 aliphatic heterocycles. The number of carbonyl (C=O) groups is 1. The zero-order chi connectivity index (χ0) is 18.0. The van der Waals surface area contributed by atoms with E-state index in [1.165, 1.54) is 5.56 Å². The maximum absolute atomic E-state index is 13.1. The maximum atomic E-state index is 13.1. The lowest BCUT2D eigenvalue weighted by Crippen LogP contribution is -2.33. The van der Waals surface area contributed by atoms with Crippen molar-refractivity contribution >= 4 is 5.91 Å². The molecule has 0 aromatic carbocycles. The molecule has 3 rings (SSSR count). The van der Waals surface area contributed by atoms with Gasteiger partial charge >= 0.3 is 0 Å². The van der Waals surface area contributed by atoms with Crippen LogP contribution >= 0.6 is 0 Å². The molecule has 1 aliphatic rings. The van der Waals surface area contributed by atoms with Gasteiger partial charge in [-0.1, -0.05) is 6.07 Å². The molecule has 2 aromatic rings. The van der Waals surface area contributed by atoms with Gasteiger partial charge in [-0.25, -0.2) is 0 Å². The number of hydrogen-bond donors (Lipinski definition) is 0. The van der Waals surface area contributed by atoms with E-state index in [4.69, 9.17) is 0 Å². The van der Waals surface area contributed by atoms with Gasteiger partial charge in [0.05, 0.1) is 11.7 Å². The molecule has 3 heterocycles. The van der Waals surface area contributed by atoms with Gasteiger partial charge in [0.1, 0.15) is 5.69 Å². The van der Waals surface area contributed by atoms with Gasteiger partial charge < -0.3 is 9.80 Å². The fourth-order valence-corrected chi connectivity index (χ4v) is 3.45. The third-order valence-electron chi connectivity index (χ3n) is 4.58. The van der Waals surface area contributed by atoms with Crippen LogP contribution in [0.4, 0.5) is 0 Å². The van der Waals surface area contributed by atoms with Gasteiger partial charge in [-0.3, -0.25) is 14.5 Å². The van der Waals surface area contributed by atoms with Crippen LogP contribution in [0.3, 0.4) is 0 Å². The van der Waals surface area contributed by atoms with E-state index in [0.29, 0.717) is 5.69 Å². The summed E-state index contributed by atoms with van der Waals surface area (Å²) in [5.74, 6) is 0.0490. The fraction of sp³-hybridized carbons (Fsp3) is 0.526. The molecule has 1 fully saturated rings. The van der Waals surface area contributed by atoms with E-state index in [-0.39, 0.29) is 18.0 Å². The quantitative estimate of drug-likeness (QED) is 0.839. The van der Waals surface area contributed by atoms with Crippen molar-refractivity contribution < 1.29 is 4.79 Å². The minimum absolute atomic E-state index is 0.0490. The lowest BCUT2D eigenvalue weighted by atomic mass is 10.1. The summed E-state index contributed by atoms with van der Waals surface area (Å²) in [6, 6.07) is 6.21. The average Bonchev–Trinajstić information content (AvgIpc) is 3.24. The predicted molar refractivity (Wildman–Crippen MR) is 97.3 cm³/mol. The Kier molecular flexibility index (Phi) is 5.18. The topological polar surface area (TPSA) is 54.3 Å². The second-order valence-corrected chi connectivity index (χ2v) is 7.24. The van der Waals surface area contributed by atoms with Crippen LogP contribution in [0, 0.1) is 0 Å². The van der Waals surface area contributed by atoms with Crippen molar-refractivity contribution in [2.45, 2.75) is 45.3 Å². The zero-order valence-corrected chi connectivity index (χ0v) is 15.5. The van der Waals surface area contributed by atoms with Gasteiger partial charge in [0.15, 0.2) is 0 Å². The summed E-state index contributed by atoms with van der Waals surface area (Å²) in [6.45, 7) is 5.72. The molecule has 25 heavy (non-hydrogen) atoms. The van der Waals surface area contributed by atoms with Crippen LogP contribution in [0.15, 0.2) is 30.6 Å². The van der Waals surface area contributed by atoms with Crippen molar-refractivity contribution in [3.63, 3.8) is 0 Å². The Balaban J connectivity index is 1.80. The monoisotopic (exact) mass is 341 g/mol. The second kappa shape index (κ2) is 7.35. The van der Waals surface area contributed by atoms with E-state index < -0.39 is 0 Å². The van der Waals surface area contributed by atoms with Crippen LogP contribution in [0.25, 0.3) is 0 Å². The van der Waals surface area contributed by atoms with Gasteiger partial charge in [0, 0.05) is 31.5 Å². The first-order chi connectivity index (χ1) is 12.0. The molecular weight excluding hydrogens is 314 g/mol. The molecule has 0 unspecified atom stereocenters. The summed E-state index contributed by atoms with van der Waals surface area (Å²) in [7, 11) is 4.09. The Morgan fingerprint density at radius 1 is 1.32 bits per heavy atom. The molecule has 0 spiro atoms. The predicted octanol–water partition coefficient (Wildman–Crippen LogP) is 2.90. The van der Waals surface area contributed by atoms with E-state index in [1.807, 2.05) is 45.1 Å². The van der Waals surface area contributed by atoms with Crippen LogP contribution in [0.2, 0.25) is 0 Å². The highest BCUT2D eigenvalue weighted by molar-refractivity contribution is 5.93. The Hall–Kier alpha value is -2.21. The number of nitrogens with zero attached hydrogens (tertiary/aromatic N) is 5. The molecule has 1 atom stereocenters. The summed E-state index contributed by atoms with van der Waals surface area (Å²) in [5.41, 5.74) is 2.82. The first kappa shape index (κ1) is 17.6. The molecule has 0 bridgehead atoms. The van der Waals surface area contributed by atoms with Crippen molar-refractivity contribution in [1.82, 2.24) is 24.6 Å². The standard InChI is InChI=1S/C19H27N5O/c1-14(2)24-18(9-10-21-24)19(25)23-11-5-6-17(23)16-8-7-15(12-20-16)13-22(3)4/h7-10,12,14,17H,5-6,11,13H2,1-4H3/t17-/m1/s1. The molecule has 0 saturated carbocycles. The number of carbonyl (C=O) groups excluding carboxylic acids is 1. The van der Waals surface area contributed by atoms with Crippen LogP contribution < -0.4 is 0 Å². The lowest BCUT2D eigenvalue weighted by Gasteiger charge is -2.25. The van der Waals surface area contributed by atoms with Gasteiger partial charge in [-0.05, 0) is 58.5 Å². The lowest BCUT2D eigenvalue weighted by molar-refractivity contribution is 0.0718. The number of amides is 1. The molecule has 1 amide bonds. The van der Waals surface area contributed by atoms with Crippen LogP contribution in [0.1, 0.15) is 60.5 Å². The van der Waals surface area contributed by atoms with Crippen molar-refractivity contribution in [3.8, 4) is 0 Å². The van der Waals surface area contributed by atoms with Gasteiger partial charge in [-0.2, -0.15) is 5.10 Å². The van der Waals surface area contributed by atoms with E-state index in [2.05, 4.69) is 27.1 Å². The van der Waals surface area contributed by atoms with Crippen LogP contribution in [0.5, 0.6) is 0 Å². The van der Waals surface area contributed by atoms with Crippen molar-refractivity contribution in [3.05, 3.63) is 47.5 Å². The smallest absolute Gasteiger partial charge is 0.272 e. The van der Waals surface area contributed by atoms with E-state index >= 15 is 0 Å². The molecule has 0 aliphatic carbocycles. The summed E-state index contributed by atoms with van der Waals surface area (Å²) in [5, 5.41) is 4.29. The minimum Gasteiger partial charge on any atom is -0.329 e. The maximum Gasteiger partial charge on any atom is 0.272 e. The van der Waals surface area contributed by atoms with Crippen LogP contribution in [-0.2, 0) is 6.54 Å². The Bertz CT molecular complexity index is 720. The molecule has 1 saturated heterocycles. The summed E-state index contributed by atoms with van der Waals surface area (Å²) < 4.78 is 1.80. The second-order valence-electron chi connectivity index (χ2n) is 7.24. The molecular formula is C19H27N5O. The van der Waals surface area contributed by atoms with Gasteiger partial charge in [0.2, 0.25) is 0 Å². The summed E-state index contributed by atoms with van der Waals surface area (Å²) >= 11 is 0. The largest absolute Gasteiger partial charge is 0.329 e. The van der Waals surface area contributed by atoms with E-state index in [9.17, 15) is 4.79 Å². The molecule has 0 N–H and O–H groups in total. The Morgan fingerprint density at radius 2 is 2.12 bits per heavy atom. The summed E-state index contributed by atoms with van der Waals surface area (Å²) in [6.07, 6.45) is 5.59. The van der Waals surface area contributed by atoms with E-state index in [1.54, 1.807) is 10.9 Å². The highest BCUT2D eigenvalue weighted by atomic mass is 16.2. The summed E-state index contributed by atoms with van der Waals surface area (Å²) in [4.78, 5) is 21.8. The van der Waals surface area contributed by atoms with Crippen molar-refractivity contribution in [1.29, 1.82) is 0 Å². The van der Waals surface area contributed by atoms with Crippen LogP contribution in [-0.4, -0.2) is 51.1 Å². The highest BCUT2D eigenvalue weighted by Crippen LogP contribution is 2.32. The Morgan fingerprint density at radius 3 is 2.76 bits per heavy atom. The normalized spacial score (nSPS) is 17.7. The number of aromatic nitrogens is 3.